The topological polar surface area (TPSA) is 29.5 Å². The smallest absolute Gasteiger partial charge is 0.234 e. The summed E-state index contributed by atoms with van der Waals surface area (Å²) in [7, 11) is 1.65. The fourth-order valence-corrected chi connectivity index (χ4v) is 4.50. The van der Waals surface area contributed by atoms with Crippen molar-refractivity contribution < 1.29 is 13.9 Å². The molecule has 0 aromatic heterocycles. The van der Waals surface area contributed by atoms with Gasteiger partial charge in [0.15, 0.2) is 0 Å². The number of hydrogen-bond donors (Lipinski definition) is 0. The number of methoxy groups -OCH3 is 1. The third kappa shape index (κ3) is 4.69. The lowest BCUT2D eigenvalue weighted by Crippen LogP contribution is -2.36. The monoisotopic (exact) mass is 431 g/mol. The van der Waals surface area contributed by atoms with E-state index in [4.69, 9.17) is 4.74 Å². The quantitative estimate of drug-likeness (QED) is 0.439. The van der Waals surface area contributed by atoms with Crippen molar-refractivity contribution in [2.45, 2.75) is 51.5 Å². The largest absolute Gasteiger partial charge is 0.497 e. The molecular formula is C28H30FNO2. The van der Waals surface area contributed by atoms with Crippen molar-refractivity contribution in [2.24, 2.45) is 0 Å². The number of amides is 1. The standard InChI is InChI=1S/C28H30FNO2/c1-19(2)21-10-13-24(14-11-21)30(18-20-6-4-8-23(29)16-20)28(31)26-9-5-7-22-12-15-25(32-3)17-27(22)26/h4,6,8,10-17,19,26H,5,7,9,18H2,1-3H3. The molecule has 4 rings (SSSR count). The van der Waals surface area contributed by atoms with Crippen molar-refractivity contribution in [1.29, 1.82) is 0 Å². The fourth-order valence-electron chi connectivity index (χ4n) is 4.50. The Balaban J connectivity index is 1.72. The van der Waals surface area contributed by atoms with E-state index in [1.165, 1.54) is 23.3 Å². The molecule has 0 heterocycles. The van der Waals surface area contributed by atoms with E-state index >= 15 is 0 Å². The van der Waals surface area contributed by atoms with E-state index in [2.05, 4.69) is 32.0 Å². The highest BCUT2D eigenvalue weighted by atomic mass is 19.1. The van der Waals surface area contributed by atoms with Crippen LogP contribution in [0.5, 0.6) is 5.75 Å². The number of hydrogen-bond acceptors (Lipinski definition) is 2. The number of nitrogens with zero attached hydrogens (tertiary/aromatic N) is 1. The molecule has 1 aliphatic carbocycles. The Kier molecular flexibility index (Phi) is 6.59. The number of anilines is 1. The molecule has 0 N–H and O–H groups in total. The summed E-state index contributed by atoms with van der Waals surface area (Å²) in [5, 5.41) is 0. The second-order valence-corrected chi connectivity index (χ2v) is 8.81. The molecule has 0 saturated carbocycles. The van der Waals surface area contributed by atoms with Crippen LogP contribution in [0.15, 0.2) is 66.7 Å². The minimum atomic E-state index is -0.294. The van der Waals surface area contributed by atoms with Crippen LogP contribution in [0.4, 0.5) is 10.1 Å². The van der Waals surface area contributed by atoms with E-state index in [9.17, 15) is 9.18 Å². The van der Waals surface area contributed by atoms with Gasteiger partial charge in [-0.25, -0.2) is 4.39 Å². The lowest BCUT2D eigenvalue weighted by atomic mass is 9.81. The molecule has 3 nitrogen and oxygen atoms in total. The first kappa shape index (κ1) is 22.1. The Bertz CT molecular complexity index is 1090. The number of rotatable bonds is 6. The van der Waals surface area contributed by atoms with Gasteiger partial charge in [0.2, 0.25) is 5.91 Å². The number of carbonyl (C=O) groups is 1. The first-order valence-electron chi connectivity index (χ1n) is 11.3. The number of carbonyl (C=O) groups excluding carboxylic acids is 1. The molecule has 3 aromatic carbocycles. The second kappa shape index (κ2) is 9.56. The molecular weight excluding hydrogens is 401 g/mol. The number of benzene rings is 3. The molecule has 32 heavy (non-hydrogen) atoms. The lowest BCUT2D eigenvalue weighted by Gasteiger charge is -2.31. The van der Waals surface area contributed by atoms with Crippen molar-refractivity contribution in [2.75, 3.05) is 12.0 Å². The fraction of sp³-hybridized carbons (Fsp3) is 0.321. The van der Waals surface area contributed by atoms with Gasteiger partial charge in [-0.2, -0.15) is 0 Å². The van der Waals surface area contributed by atoms with Gasteiger partial charge in [-0.3, -0.25) is 4.79 Å². The van der Waals surface area contributed by atoms with Gasteiger partial charge in [0.25, 0.3) is 0 Å². The highest BCUT2D eigenvalue weighted by Gasteiger charge is 2.31. The van der Waals surface area contributed by atoms with Crippen LogP contribution in [0.25, 0.3) is 0 Å². The first-order valence-corrected chi connectivity index (χ1v) is 11.3. The van der Waals surface area contributed by atoms with Gasteiger partial charge in [0.1, 0.15) is 11.6 Å². The molecule has 0 saturated heterocycles. The Labute approximate surface area is 189 Å². The van der Waals surface area contributed by atoms with E-state index in [1.807, 2.05) is 30.3 Å². The van der Waals surface area contributed by atoms with Crippen LogP contribution >= 0.6 is 0 Å². The van der Waals surface area contributed by atoms with Gasteiger partial charge in [0.05, 0.1) is 19.6 Å². The minimum absolute atomic E-state index is 0.0424. The van der Waals surface area contributed by atoms with Gasteiger partial charge in [-0.05, 0) is 83.8 Å². The van der Waals surface area contributed by atoms with Crippen LogP contribution < -0.4 is 9.64 Å². The number of ether oxygens (including phenoxy) is 1. The molecule has 1 amide bonds. The van der Waals surface area contributed by atoms with Crippen LogP contribution in [0.1, 0.15) is 60.8 Å². The lowest BCUT2D eigenvalue weighted by molar-refractivity contribution is -0.120. The van der Waals surface area contributed by atoms with E-state index in [0.29, 0.717) is 12.5 Å². The van der Waals surface area contributed by atoms with Crippen molar-refractivity contribution in [3.63, 3.8) is 0 Å². The minimum Gasteiger partial charge on any atom is -0.497 e. The zero-order chi connectivity index (χ0) is 22.7. The molecule has 1 unspecified atom stereocenters. The van der Waals surface area contributed by atoms with Crippen molar-refractivity contribution >= 4 is 11.6 Å². The molecule has 166 valence electrons. The van der Waals surface area contributed by atoms with Crippen LogP contribution in [0.3, 0.4) is 0 Å². The number of halogens is 1. The summed E-state index contributed by atoms with van der Waals surface area (Å²) in [6.45, 7) is 4.63. The molecule has 0 fully saturated rings. The molecule has 1 atom stereocenters. The van der Waals surface area contributed by atoms with Gasteiger partial charge in [-0.15, -0.1) is 0 Å². The third-order valence-electron chi connectivity index (χ3n) is 6.33. The van der Waals surface area contributed by atoms with Gasteiger partial charge in [0, 0.05) is 5.69 Å². The van der Waals surface area contributed by atoms with Crippen molar-refractivity contribution in [1.82, 2.24) is 0 Å². The van der Waals surface area contributed by atoms with E-state index in [-0.39, 0.29) is 17.6 Å². The van der Waals surface area contributed by atoms with Crippen molar-refractivity contribution in [3.05, 3.63) is 94.8 Å². The molecule has 0 spiro atoms. The maximum atomic E-state index is 14.0. The zero-order valence-electron chi connectivity index (χ0n) is 19.0. The van der Waals surface area contributed by atoms with Crippen LogP contribution in [0.2, 0.25) is 0 Å². The first-order chi connectivity index (χ1) is 15.5. The van der Waals surface area contributed by atoms with Gasteiger partial charge < -0.3 is 9.64 Å². The van der Waals surface area contributed by atoms with Crippen LogP contribution in [-0.2, 0) is 17.8 Å². The Hall–Kier alpha value is -3.14. The van der Waals surface area contributed by atoms with Crippen LogP contribution in [0, 0.1) is 5.82 Å². The van der Waals surface area contributed by atoms with Crippen molar-refractivity contribution in [3.8, 4) is 5.75 Å². The summed E-state index contributed by atoms with van der Waals surface area (Å²) >= 11 is 0. The van der Waals surface area contributed by atoms with E-state index in [0.717, 1.165) is 41.8 Å². The third-order valence-corrected chi connectivity index (χ3v) is 6.33. The number of aryl methyl sites for hydroxylation is 1. The Morgan fingerprint density at radius 1 is 1.09 bits per heavy atom. The Morgan fingerprint density at radius 3 is 2.56 bits per heavy atom. The average Bonchev–Trinajstić information content (AvgIpc) is 2.81. The molecule has 0 radical (unpaired) electrons. The molecule has 1 aliphatic rings. The molecule has 4 heteroatoms. The molecule has 0 aliphatic heterocycles. The normalized spacial score (nSPS) is 15.3. The predicted octanol–water partition coefficient (Wildman–Crippen LogP) is 6.61. The average molecular weight is 432 g/mol. The van der Waals surface area contributed by atoms with E-state index < -0.39 is 0 Å². The maximum absolute atomic E-state index is 14.0. The Morgan fingerprint density at radius 2 is 1.88 bits per heavy atom. The summed E-state index contributed by atoms with van der Waals surface area (Å²) < 4.78 is 19.3. The summed E-state index contributed by atoms with van der Waals surface area (Å²) in [4.78, 5) is 15.8. The summed E-state index contributed by atoms with van der Waals surface area (Å²) in [5.74, 6) is 0.682. The zero-order valence-corrected chi connectivity index (χ0v) is 19.0. The van der Waals surface area contributed by atoms with E-state index in [1.54, 1.807) is 18.1 Å². The molecule has 0 bridgehead atoms. The highest BCUT2D eigenvalue weighted by molar-refractivity contribution is 5.98. The van der Waals surface area contributed by atoms with Crippen LogP contribution in [-0.4, -0.2) is 13.0 Å². The maximum Gasteiger partial charge on any atom is 0.234 e. The second-order valence-electron chi connectivity index (χ2n) is 8.81. The number of fused-ring (bicyclic) bond motifs is 1. The summed E-state index contributed by atoms with van der Waals surface area (Å²) in [6.07, 6.45) is 2.73. The summed E-state index contributed by atoms with van der Waals surface area (Å²) in [5.41, 5.74) is 5.08. The SMILES string of the molecule is COc1ccc2c(c1)C(C(=O)N(Cc1cccc(F)c1)c1ccc(C(C)C)cc1)CCC2. The highest BCUT2D eigenvalue weighted by Crippen LogP contribution is 2.37. The van der Waals surface area contributed by atoms with Gasteiger partial charge >= 0.3 is 0 Å². The summed E-state index contributed by atoms with van der Waals surface area (Å²) in [6, 6.07) is 20.7. The predicted molar refractivity (Wildman–Crippen MR) is 127 cm³/mol. The molecule has 3 aromatic rings. The van der Waals surface area contributed by atoms with Gasteiger partial charge in [-0.1, -0.05) is 44.2 Å².